The van der Waals surface area contributed by atoms with Crippen LogP contribution in [0.1, 0.15) is 18.4 Å². The minimum atomic E-state index is -0.640. The monoisotopic (exact) mass is 545 g/mol. The molecular formula is C29H29F4N2O2S+. The molecule has 3 heterocycles. The van der Waals surface area contributed by atoms with E-state index in [-0.39, 0.29) is 24.3 Å². The van der Waals surface area contributed by atoms with Gasteiger partial charge < -0.3 is 9.22 Å². The number of para-hydroxylation sites is 1. The Labute approximate surface area is 223 Å². The molecule has 3 aromatic carbocycles. The molecule has 0 radical (unpaired) electrons. The van der Waals surface area contributed by atoms with E-state index in [0.717, 1.165) is 43.0 Å². The first-order valence-corrected chi connectivity index (χ1v) is 13.7. The van der Waals surface area contributed by atoms with Gasteiger partial charge in [-0.2, -0.15) is 0 Å². The van der Waals surface area contributed by atoms with Gasteiger partial charge in [-0.05, 0) is 42.0 Å². The number of hydrogen-bond acceptors (Lipinski definition) is 3. The Balaban J connectivity index is 1.27. The zero-order chi connectivity index (χ0) is 26.7. The first-order chi connectivity index (χ1) is 18.3. The number of hydrogen-bond donors (Lipinski definition) is 0. The highest BCUT2D eigenvalue weighted by Crippen LogP contribution is 2.37. The summed E-state index contributed by atoms with van der Waals surface area (Å²) in [7, 11) is 0. The number of halogens is 4. The predicted octanol–water partition coefficient (Wildman–Crippen LogP) is 6.79. The van der Waals surface area contributed by atoms with Gasteiger partial charge in [0, 0.05) is 35.5 Å². The zero-order valence-corrected chi connectivity index (χ0v) is 21.6. The molecule has 9 heteroatoms. The SMILES string of the molecule is O=C(O[C@H]1C[N+]2(CCSc3ccc(F)cc3F)CCC1CC2)N(Cc1ccc(F)cc1)c1ccccc1F. The Hall–Kier alpha value is -3.04. The number of fused-ring (bicyclic) bond motifs is 3. The summed E-state index contributed by atoms with van der Waals surface area (Å²) in [4.78, 5) is 15.1. The summed E-state index contributed by atoms with van der Waals surface area (Å²) in [5, 5.41) is 0. The van der Waals surface area contributed by atoms with E-state index >= 15 is 0 Å². The smallest absolute Gasteiger partial charge is 0.415 e. The highest BCUT2D eigenvalue weighted by molar-refractivity contribution is 7.99. The standard InChI is InChI=1S/C29H29F4N2O2S/c30-22-7-5-20(6-8-22)18-34(26-4-2-1-3-24(26)32)29(36)37-27-19-35(13-11-21(27)12-14-35)15-16-38-28-10-9-23(31)17-25(28)33/h1-10,17,21,27H,11-16,18-19H2/q+1/t21?,27-,35?/m0/s1. The molecule has 3 aromatic rings. The third kappa shape index (κ3) is 5.99. The molecule has 0 aliphatic carbocycles. The van der Waals surface area contributed by atoms with Gasteiger partial charge >= 0.3 is 6.09 Å². The number of piperidine rings is 3. The van der Waals surface area contributed by atoms with Crippen molar-refractivity contribution >= 4 is 23.5 Å². The minimum Gasteiger partial charge on any atom is -0.440 e. The Kier molecular flexibility index (Phi) is 7.95. The van der Waals surface area contributed by atoms with Crippen LogP contribution in [-0.4, -0.2) is 48.6 Å². The maximum atomic E-state index is 14.7. The number of carbonyl (C=O) groups is 1. The van der Waals surface area contributed by atoms with E-state index in [4.69, 9.17) is 4.74 Å². The number of ether oxygens (including phenoxy) is 1. The molecule has 3 aliphatic heterocycles. The average molecular weight is 546 g/mol. The highest BCUT2D eigenvalue weighted by Gasteiger charge is 2.47. The topological polar surface area (TPSA) is 29.5 Å². The molecule has 38 heavy (non-hydrogen) atoms. The van der Waals surface area contributed by atoms with Gasteiger partial charge in [0.25, 0.3) is 0 Å². The van der Waals surface area contributed by atoms with E-state index < -0.39 is 29.4 Å². The van der Waals surface area contributed by atoms with Crippen LogP contribution in [0.3, 0.4) is 0 Å². The van der Waals surface area contributed by atoms with E-state index in [1.165, 1.54) is 53.1 Å². The van der Waals surface area contributed by atoms with Crippen molar-refractivity contribution in [3.63, 3.8) is 0 Å². The number of nitrogens with zero attached hydrogens (tertiary/aromatic N) is 2. The lowest BCUT2D eigenvalue weighted by Gasteiger charge is -2.52. The summed E-state index contributed by atoms with van der Waals surface area (Å²) in [5.74, 6) is -1.22. The summed E-state index contributed by atoms with van der Waals surface area (Å²) in [6.45, 7) is 3.37. The van der Waals surface area contributed by atoms with Crippen LogP contribution in [0.2, 0.25) is 0 Å². The van der Waals surface area contributed by atoms with Crippen LogP contribution in [0, 0.1) is 29.2 Å². The number of thioether (sulfide) groups is 1. The van der Waals surface area contributed by atoms with Crippen molar-refractivity contribution in [1.29, 1.82) is 0 Å². The van der Waals surface area contributed by atoms with Crippen molar-refractivity contribution < 1.29 is 31.6 Å². The van der Waals surface area contributed by atoms with Crippen LogP contribution in [0.15, 0.2) is 71.6 Å². The molecule has 6 rings (SSSR count). The normalized spacial score (nSPS) is 22.3. The lowest BCUT2D eigenvalue weighted by Crippen LogP contribution is -2.65. The largest absolute Gasteiger partial charge is 0.440 e. The summed E-state index contributed by atoms with van der Waals surface area (Å²) in [6.07, 6.45) is 0.857. The number of quaternary nitrogens is 1. The van der Waals surface area contributed by atoms with Gasteiger partial charge in [0.1, 0.15) is 29.8 Å². The average Bonchev–Trinajstić information content (AvgIpc) is 2.91. The van der Waals surface area contributed by atoms with E-state index in [0.29, 0.717) is 22.8 Å². The first-order valence-electron chi connectivity index (χ1n) is 12.7. The molecule has 3 aliphatic rings. The number of rotatable bonds is 8. The van der Waals surface area contributed by atoms with Crippen LogP contribution >= 0.6 is 11.8 Å². The van der Waals surface area contributed by atoms with Crippen LogP contribution in [0.4, 0.5) is 28.0 Å². The van der Waals surface area contributed by atoms with Crippen LogP contribution < -0.4 is 4.90 Å². The second kappa shape index (κ2) is 11.4. The van der Waals surface area contributed by atoms with Gasteiger partial charge in [0.05, 0.1) is 31.9 Å². The molecule has 3 saturated heterocycles. The van der Waals surface area contributed by atoms with Crippen molar-refractivity contribution in [2.24, 2.45) is 5.92 Å². The molecule has 0 N–H and O–H groups in total. The first kappa shape index (κ1) is 26.6. The molecule has 0 unspecified atom stereocenters. The Bertz CT molecular complexity index is 1280. The third-order valence-electron chi connectivity index (χ3n) is 7.63. The molecule has 2 bridgehead atoms. The van der Waals surface area contributed by atoms with Crippen LogP contribution in [0.25, 0.3) is 0 Å². The summed E-state index contributed by atoms with van der Waals surface area (Å²) in [6, 6.07) is 15.4. The van der Waals surface area contributed by atoms with Crippen molar-refractivity contribution in [3.8, 4) is 0 Å². The molecule has 200 valence electrons. The van der Waals surface area contributed by atoms with Crippen molar-refractivity contribution in [3.05, 3.63) is 95.6 Å². The van der Waals surface area contributed by atoms with Crippen LogP contribution in [0.5, 0.6) is 0 Å². The summed E-state index contributed by atoms with van der Waals surface area (Å²) in [5.41, 5.74) is 0.749. The molecule has 0 spiro atoms. The Morgan fingerprint density at radius 3 is 2.34 bits per heavy atom. The van der Waals surface area contributed by atoms with E-state index in [1.807, 2.05) is 0 Å². The Morgan fingerprint density at radius 2 is 1.63 bits per heavy atom. The highest BCUT2D eigenvalue weighted by atomic mass is 32.2. The molecule has 1 amide bonds. The zero-order valence-electron chi connectivity index (χ0n) is 20.8. The molecule has 0 saturated carbocycles. The summed E-state index contributed by atoms with van der Waals surface area (Å²) >= 11 is 1.36. The maximum Gasteiger partial charge on any atom is 0.415 e. The van der Waals surface area contributed by atoms with Gasteiger partial charge in [-0.1, -0.05) is 24.3 Å². The number of anilines is 1. The lowest BCUT2D eigenvalue weighted by atomic mass is 9.83. The Morgan fingerprint density at radius 1 is 0.921 bits per heavy atom. The molecule has 4 nitrogen and oxygen atoms in total. The fourth-order valence-electron chi connectivity index (χ4n) is 5.49. The van der Waals surface area contributed by atoms with Crippen molar-refractivity contribution in [1.82, 2.24) is 0 Å². The van der Waals surface area contributed by atoms with Gasteiger partial charge in [-0.3, -0.25) is 4.90 Å². The maximum absolute atomic E-state index is 14.7. The van der Waals surface area contributed by atoms with E-state index in [1.54, 1.807) is 24.3 Å². The number of amides is 1. The van der Waals surface area contributed by atoms with Crippen molar-refractivity contribution in [2.45, 2.75) is 30.4 Å². The molecule has 1 atom stereocenters. The third-order valence-corrected chi connectivity index (χ3v) is 8.66. The fourth-order valence-corrected chi connectivity index (χ4v) is 6.55. The number of benzene rings is 3. The van der Waals surface area contributed by atoms with Crippen molar-refractivity contribution in [2.75, 3.05) is 36.8 Å². The van der Waals surface area contributed by atoms with Gasteiger partial charge in [-0.15, -0.1) is 11.8 Å². The van der Waals surface area contributed by atoms with Gasteiger partial charge in [0.15, 0.2) is 6.10 Å². The quantitative estimate of drug-likeness (QED) is 0.177. The predicted molar refractivity (Wildman–Crippen MR) is 139 cm³/mol. The van der Waals surface area contributed by atoms with Crippen LogP contribution in [-0.2, 0) is 11.3 Å². The fraction of sp³-hybridized carbons (Fsp3) is 0.345. The molecular weight excluding hydrogens is 516 g/mol. The number of carbonyl (C=O) groups excluding carboxylic acids is 1. The molecule has 3 fully saturated rings. The molecule has 0 aromatic heterocycles. The second-order valence-corrected chi connectivity index (χ2v) is 11.2. The lowest BCUT2D eigenvalue weighted by molar-refractivity contribution is -0.943. The van der Waals surface area contributed by atoms with Gasteiger partial charge in [0.2, 0.25) is 0 Å². The minimum absolute atomic E-state index is 0.0390. The van der Waals surface area contributed by atoms with E-state index in [2.05, 4.69) is 0 Å². The van der Waals surface area contributed by atoms with E-state index in [9.17, 15) is 22.4 Å². The second-order valence-electron chi connectivity index (χ2n) is 10.0. The summed E-state index contributed by atoms with van der Waals surface area (Å²) < 4.78 is 62.2. The van der Waals surface area contributed by atoms with Gasteiger partial charge in [-0.25, -0.2) is 22.4 Å².